The number of methoxy groups -OCH3 is 3. The molecule has 2 atom stereocenters. The molecule has 0 spiro atoms. The minimum atomic E-state index is -1.13. The number of amides is 1. The Kier molecular flexibility index (Phi) is 7.50. The van der Waals surface area contributed by atoms with E-state index < -0.39 is 5.60 Å². The van der Waals surface area contributed by atoms with Gasteiger partial charge in [0.05, 0.1) is 27.4 Å². The van der Waals surface area contributed by atoms with Crippen LogP contribution in [0.25, 0.3) is 0 Å². The summed E-state index contributed by atoms with van der Waals surface area (Å²) in [5.41, 5.74) is 0.637. The molecule has 4 rings (SSSR count). The fraction of sp³-hybridized carbons (Fsp3) is 0.321. The van der Waals surface area contributed by atoms with Crippen LogP contribution in [0.3, 0.4) is 0 Å². The quantitative estimate of drug-likeness (QED) is 0.405. The Morgan fingerprint density at radius 1 is 0.917 bits per heavy atom. The van der Waals surface area contributed by atoms with Crippen LogP contribution in [-0.4, -0.2) is 32.8 Å². The highest BCUT2D eigenvalue weighted by atomic mass is 35.5. The van der Waals surface area contributed by atoms with Crippen LogP contribution in [0.5, 0.6) is 28.7 Å². The van der Waals surface area contributed by atoms with Crippen molar-refractivity contribution < 1.29 is 28.5 Å². The first kappa shape index (κ1) is 25.5. The first-order chi connectivity index (χ1) is 17.2. The number of rotatable bonds is 8. The van der Waals surface area contributed by atoms with Gasteiger partial charge in [0.15, 0.2) is 17.1 Å². The van der Waals surface area contributed by atoms with E-state index in [1.807, 2.05) is 36.4 Å². The molecule has 0 fully saturated rings. The molecule has 1 N–H and O–H groups in total. The van der Waals surface area contributed by atoms with Gasteiger partial charge in [0.1, 0.15) is 23.4 Å². The van der Waals surface area contributed by atoms with Crippen molar-refractivity contribution in [2.24, 2.45) is 0 Å². The Labute approximate surface area is 216 Å². The average molecular weight is 512 g/mol. The highest BCUT2D eigenvalue weighted by Gasteiger charge is 2.36. The van der Waals surface area contributed by atoms with E-state index >= 15 is 0 Å². The van der Waals surface area contributed by atoms with Crippen molar-refractivity contribution in [1.82, 2.24) is 5.32 Å². The first-order valence-corrected chi connectivity index (χ1v) is 11.9. The van der Waals surface area contributed by atoms with E-state index in [1.54, 1.807) is 59.4 Å². The predicted molar refractivity (Wildman–Crippen MR) is 138 cm³/mol. The van der Waals surface area contributed by atoms with Gasteiger partial charge in [-0.2, -0.15) is 0 Å². The second kappa shape index (κ2) is 10.6. The standard InChI is InChI=1S/C28H30ClNO6/c1-28(2,36-19-9-7-18(29)8-10-19)27(31)30-22-16-24(17-6-13-23(33-4)26(14-17)34-5)35-25-15-20(32-3)11-12-21(22)25/h6-15,22,24H,16H2,1-5H3,(H,30,31). The van der Waals surface area contributed by atoms with E-state index in [-0.39, 0.29) is 18.1 Å². The average Bonchev–Trinajstić information content (AvgIpc) is 2.88. The third-order valence-electron chi connectivity index (χ3n) is 6.13. The first-order valence-electron chi connectivity index (χ1n) is 11.6. The van der Waals surface area contributed by atoms with Gasteiger partial charge in [-0.3, -0.25) is 4.79 Å². The third-order valence-corrected chi connectivity index (χ3v) is 6.39. The zero-order valence-corrected chi connectivity index (χ0v) is 21.7. The zero-order valence-electron chi connectivity index (χ0n) is 21.0. The number of nitrogens with one attached hydrogen (secondary N) is 1. The highest BCUT2D eigenvalue weighted by Crippen LogP contribution is 2.44. The van der Waals surface area contributed by atoms with Crippen LogP contribution in [-0.2, 0) is 4.79 Å². The Morgan fingerprint density at radius 3 is 2.28 bits per heavy atom. The van der Waals surface area contributed by atoms with Crippen molar-refractivity contribution in [3.05, 3.63) is 76.8 Å². The summed E-state index contributed by atoms with van der Waals surface area (Å²) >= 11 is 5.97. The minimum Gasteiger partial charge on any atom is -0.497 e. The summed E-state index contributed by atoms with van der Waals surface area (Å²) in [5.74, 6) is 2.84. The molecule has 0 aliphatic carbocycles. The fourth-order valence-corrected chi connectivity index (χ4v) is 4.27. The lowest BCUT2D eigenvalue weighted by molar-refractivity contribution is -0.135. The second-order valence-corrected chi connectivity index (χ2v) is 9.39. The van der Waals surface area contributed by atoms with Crippen molar-refractivity contribution in [2.45, 2.75) is 38.0 Å². The molecule has 3 aromatic carbocycles. The van der Waals surface area contributed by atoms with E-state index in [4.69, 9.17) is 35.3 Å². The molecule has 0 saturated heterocycles. The fourth-order valence-electron chi connectivity index (χ4n) is 4.14. The lowest BCUT2D eigenvalue weighted by Crippen LogP contribution is -2.48. The van der Waals surface area contributed by atoms with E-state index in [9.17, 15) is 4.79 Å². The van der Waals surface area contributed by atoms with E-state index in [1.165, 1.54) is 0 Å². The molecule has 8 heteroatoms. The molecule has 1 heterocycles. The van der Waals surface area contributed by atoms with Gasteiger partial charge in [0.2, 0.25) is 0 Å². The Morgan fingerprint density at radius 2 is 1.61 bits per heavy atom. The molecular weight excluding hydrogens is 482 g/mol. The van der Waals surface area contributed by atoms with Crippen molar-refractivity contribution in [1.29, 1.82) is 0 Å². The molecule has 3 aromatic rings. The normalized spacial score (nSPS) is 16.8. The SMILES string of the molecule is COc1ccc2c(c1)OC(c1ccc(OC)c(OC)c1)CC2NC(=O)C(C)(C)Oc1ccc(Cl)cc1. The number of carbonyl (C=O) groups excluding carboxylic acids is 1. The molecule has 2 unspecified atom stereocenters. The molecule has 0 saturated carbocycles. The van der Waals surface area contributed by atoms with Crippen molar-refractivity contribution in [2.75, 3.05) is 21.3 Å². The summed E-state index contributed by atoms with van der Waals surface area (Å²) in [6.45, 7) is 3.47. The van der Waals surface area contributed by atoms with Gasteiger partial charge in [0, 0.05) is 23.1 Å². The molecule has 0 aromatic heterocycles. The third kappa shape index (κ3) is 5.46. The topological polar surface area (TPSA) is 75.3 Å². The maximum absolute atomic E-state index is 13.4. The van der Waals surface area contributed by atoms with Gasteiger partial charge in [-0.05, 0) is 67.9 Å². The van der Waals surface area contributed by atoms with Crippen molar-refractivity contribution >= 4 is 17.5 Å². The molecule has 1 aliphatic rings. The lowest BCUT2D eigenvalue weighted by Gasteiger charge is -2.35. The maximum atomic E-state index is 13.4. The molecule has 36 heavy (non-hydrogen) atoms. The predicted octanol–water partition coefficient (Wildman–Crippen LogP) is 5.90. The summed E-state index contributed by atoms with van der Waals surface area (Å²) in [4.78, 5) is 13.4. The number of hydrogen-bond donors (Lipinski definition) is 1. The Balaban J connectivity index is 1.61. The number of fused-ring (bicyclic) bond motifs is 1. The van der Waals surface area contributed by atoms with Gasteiger partial charge >= 0.3 is 0 Å². The number of carbonyl (C=O) groups is 1. The summed E-state index contributed by atoms with van der Waals surface area (Å²) in [6, 6.07) is 17.9. The van der Waals surface area contributed by atoms with Gasteiger partial charge in [-0.15, -0.1) is 0 Å². The van der Waals surface area contributed by atoms with Crippen LogP contribution in [0, 0.1) is 0 Å². The summed E-state index contributed by atoms with van der Waals surface area (Å²) in [7, 11) is 4.79. The van der Waals surface area contributed by atoms with Crippen LogP contribution in [0.2, 0.25) is 5.02 Å². The van der Waals surface area contributed by atoms with E-state index in [2.05, 4.69) is 5.32 Å². The Bertz CT molecular complexity index is 1230. The van der Waals surface area contributed by atoms with Gasteiger partial charge in [-0.25, -0.2) is 0 Å². The lowest BCUT2D eigenvalue weighted by atomic mass is 9.92. The maximum Gasteiger partial charge on any atom is 0.264 e. The highest BCUT2D eigenvalue weighted by molar-refractivity contribution is 6.30. The van der Waals surface area contributed by atoms with Gasteiger partial charge in [0.25, 0.3) is 5.91 Å². The summed E-state index contributed by atoms with van der Waals surface area (Å²) in [6.07, 6.45) is 0.174. The molecule has 1 amide bonds. The monoisotopic (exact) mass is 511 g/mol. The molecule has 190 valence electrons. The summed E-state index contributed by atoms with van der Waals surface area (Å²) < 4.78 is 28.6. The number of hydrogen-bond acceptors (Lipinski definition) is 6. The second-order valence-electron chi connectivity index (χ2n) is 8.95. The molecule has 1 aliphatic heterocycles. The minimum absolute atomic E-state index is 0.253. The Hall–Kier alpha value is -3.58. The molecular formula is C28H30ClNO6. The van der Waals surface area contributed by atoms with Crippen molar-refractivity contribution in [3.63, 3.8) is 0 Å². The number of benzene rings is 3. The van der Waals surface area contributed by atoms with E-state index in [0.717, 1.165) is 11.1 Å². The van der Waals surface area contributed by atoms with Gasteiger partial charge in [-0.1, -0.05) is 17.7 Å². The number of halogens is 1. The van der Waals surface area contributed by atoms with E-state index in [0.29, 0.717) is 40.2 Å². The van der Waals surface area contributed by atoms with Crippen LogP contribution < -0.4 is 29.0 Å². The van der Waals surface area contributed by atoms with Crippen LogP contribution >= 0.6 is 11.6 Å². The van der Waals surface area contributed by atoms with Crippen LogP contribution in [0.1, 0.15) is 43.5 Å². The van der Waals surface area contributed by atoms with Crippen molar-refractivity contribution in [3.8, 4) is 28.7 Å². The number of ether oxygens (including phenoxy) is 5. The largest absolute Gasteiger partial charge is 0.497 e. The van der Waals surface area contributed by atoms with Crippen LogP contribution in [0.15, 0.2) is 60.7 Å². The smallest absolute Gasteiger partial charge is 0.264 e. The van der Waals surface area contributed by atoms with Gasteiger partial charge < -0.3 is 29.0 Å². The zero-order chi connectivity index (χ0) is 25.9. The molecule has 7 nitrogen and oxygen atoms in total. The molecule has 0 radical (unpaired) electrons. The molecule has 0 bridgehead atoms. The van der Waals surface area contributed by atoms with Crippen LogP contribution in [0.4, 0.5) is 0 Å². The summed E-state index contributed by atoms with van der Waals surface area (Å²) in [5, 5.41) is 3.77.